The molecule has 6 heteroatoms. The summed E-state index contributed by atoms with van der Waals surface area (Å²) in [5.74, 6) is -0.128. The molecule has 0 aliphatic carbocycles. The number of aromatic nitrogens is 3. The summed E-state index contributed by atoms with van der Waals surface area (Å²) in [6, 6.07) is 14.8. The second-order valence-corrected chi connectivity index (χ2v) is 8.01. The summed E-state index contributed by atoms with van der Waals surface area (Å²) in [5, 5.41) is 8.77. The highest BCUT2D eigenvalue weighted by Gasteiger charge is 2.24. The summed E-state index contributed by atoms with van der Waals surface area (Å²) >= 11 is 0. The average molecular weight is 415 g/mol. The van der Waals surface area contributed by atoms with Gasteiger partial charge in [0.05, 0.1) is 17.3 Å². The lowest BCUT2D eigenvalue weighted by atomic mass is 10.1. The molecule has 2 aromatic heterocycles. The first kappa shape index (κ1) is 20.6. The third-order valence-electron chi connectivity index (χ3n) is 5.87. The van der Waals surface area contributed by atoms with Gasteiger partial charge in [-0.2, -0.15) is 9.78 Å². The Kier molecular flexibility index (Phi) is 5.23. The number of para-hydroxylation sites is 1. The molecule has 158 valence electrons. The minimum absolute atomic E-state index is 0.128. The summed E-state index contributed by atoms with van der Waals surface area (Å²) in [7, 11) is 0. The molecule has 0 radical (unpaired) electrons. The molecule has 1 amide bonds. The van der Waals surface area contributed by atoms with Crippen LogP contribution in [-0.2, 0) is 4.79 Å². The van der Waals surface area contributed by atoms with Gasteiger partial charge >= 0.3 is 0 Å². The normalized spacial score (nSPS) is 12.2. The van der Waals surface area contributed by atoms with Gasteiger partial charge in [0.15, 0.2) is 0 Å². The topological polar surface area (TPSA) is 68.9 Å². The van der Waals surface area contributed by atoms with E-state index in [-0.39, 0.29) is 11.5 Å². The van der Waals surface area contributed by atoms with E-state index in [2.05, 4.69) is 10.4 Å². The number of nitrogens with zero attached hydrogens (tertiary/aromatic N) is 3. The van der Waals surface area contributed by atoms with Crippen LogP contribution in [0.25, 0.3) is 16.5 Å². The van der Waals surface area contributed by atoms with Gasteiger partial charge in [0.1, 0.15) is 6.04 Å². The van der Waals surface area contributed by atoms with E-state index in [0.717, 1.165) is 33.6 Å². The highest BCUT2D eigenvalue weighted by atomic mass is 16.2. The molecule has 4 aromatic rings. The SMILES string of the molecule is Cc1ccc(C)c(NC(=O)[C@@H](C)n2c(C)c3cnn(-c4ccccc4)c(=O)c3c2C)c1. The number of carbonyl (C=O) groups is 1. The van der Waals surface area contributed by atoms with E-state index >= 15 is 0 Å². The van der Waals surface area contributed by atoms with Crippen LogP contribution in [0, 0.1) is 27.7 Å². The molecule has 2 aromatic carbocycles. The van der Waals surface area contributed by atoms with Crippen molar-refractivity contribution in [2.45, 2.75) is 40.7 Å². The Balaban J connectivity index is 1.77. The fourth-order valence-electron chi connectivity index (χ4n) is 4.14. The van der Waals surface area contributed by atoms with Crippen molar-refractivity contribution in [3.05, 3.63) is 87.6 Å². The zero-order chi connectivity index (χ0) is 22.3. The van der Waals surface area contributed by atoms with E-state index < -0.39 is 6.04 Å². The predicted octanol–water partition coefficient (Wildman–Crippen LogP) is 4.62. The van der Waals surface area contributed by atoms with Crippen molar-refractivity contribution >= 4 is 22.4 Å². The molecule has 0 unspecified atom stereocenters. The van der Waals surface area contributed by atoms with Crippen LogP contribution in [0.1, 0.15) is 35.5 Å². The number of hydrogen-bond acceptors (Lipinski definition) is 3. The summed E-state index contributed by atoms with van der Waals surface area (Å²) in [6.45, 7) is 9.62. The Morgan fingerprint density at radius 2 is 1.71 bits per heavy atom. The van der Waals surface area contributed by atoms with Gasteiger partial charge in [0.2, 0.25) is 5.91 Å². The lowest BCUT2D eigenvalue weighted by Gasteiger charge is -2.19. The summed E-state index contributed by atoms with van der Waals surface area (Å²) in [5.41, 5.74) is 5.02. The molecular weight excluding hydrogens is 388 g/mol. The Morgan fingerprint density at radius 1 is 1.00 bits per heavy atom. The highest BCUT2D eigenvalue weighted by molar-refractivity contribution is 5.96. The Bertz CT molecular complexity index is 1350. The van der Waals surface area contributed by atoms with Crippen LogP contribution < -0.4 is 10.9 Å². The minimum Gasteiger partial charge on any atom is -0.336 e. The predicted molar refractivity (Wildman–Crippen MR) is 124 cm³/mol. The molecule has 0 saturated carbocycles. The van der Waals surface area contributed by atoms with Crippen LogP contribution in [0.5, 0.6) is 0 Å². The fourth-order valence-corrected chi connectivity index (χ4v) is 4.14. The van der Waals surface area contributed by atoms with Gasteiger partial charge in [-0.05, 0) is 63.9 Å². The Labute approximate surface area is 181 Å². The number of fused-ring (bicyclic) bond motifs is 1. The zero-order valence-corrected chi connectivity index (χ0v) is 18.4. The number of carbonyl (C=O) groups excluding carboxylic acids is 1. The zero-order valence-electron chi connectivity index (χ0n) is 18.4. The van der Waals surface area contributed by atoms with E-state index in [4.69, 9.17) is 0 Å². The van der Waals surface area contributed by atoms with Gasteiger partial charge in [-0.25, -0.2) is 0 Å². The number of hydrogen-bond donors (Lipinski definition) is 1. The highest BCUT2D eigenvalue weighted by Crippen LogP contribution is 2.27. The molecule has 4 rings (SSSR count). The first-order chi connectivity index (χ1) is 14.8. The largest absolute Gasteiger partial charge is 0.336 e. The van der Waals surface area contributed by atoms with Crippen LogP contribution in [-0.4, -0.2) is 20.3 Å². The molecule has 0 fully saturated rings. The molecule has 0 aliphatic heterocycles. The van der Waals surface area contributed by atoms with Crippen LogP contribution in [0.3, 0.4) is 0 Å². The first-order valence-corrected chi connectivity index (χ1v) is 10.3. The van der Waals surface area contributed by atoms with E-state index in [1.54, 1.807) is 6.20 Å². The lowest BCUT2D eigenvalue weighted by Crippen LogP contribution is -2.25. The van der Waals surface area contributed by atoms with Gasteiger partial charge < -0.3 is 9.88 Å². The van der Waals surface area contributed by atoms with Crippen LogP contribution >= 0.6 is 0 Å². The minimum atomic E-state index is -0.489. The van der Waals surface area contributed by atoms with E-state index in [0.29, 0.717) is 11.1 Å². The number of benzene rings is 2. The van der Waals surface area contributed by atoms with Crippen molar-refractivity contribution in [3.63, 3.8) is 0 Å². The maximum atomic E-state index is 13.3. The third-order valence-corrected chi connectivity index (χ3v) is 5.87. The first-order valence-electron chi connectivity index (χ1n) is 10.3. The molecule has 6 nitrogen and oxygen atoms in total. The maximum Gasteiger partial charge on any atom is 0.281 e. The van der Waals surface area contributed by atoms with Crippen LogP contribution in [0.2, 0.25) is 0 Å². The second-order valence-electron chi connectivity index (χ2n) is 8.01. The monoisotopic (exact) mass is 414 g/mol. The third kappa shape index (κ3) is 3.54. The van der Waals surface area contributed by atoms with Gasteiger partial charge in [0, 0.05) is 22.5 Å². The van der Waals surface area contributed by atoms with Crippen LogP contribution in [0.4, 0.5) is 5.69 Å². The number of anilines is 1. The van der Waals surface area contributed by atoms with E-state index in [1.807, 2.05) is 87.7 Å². The van der Waals surface area contributed by atoms with Crippen molar-refractivity contribution in [1.29, 1.82) is 0 Å². The average Bonchev–Trinajstić information content (AvgIpc) is 3.01. The van der Waals surface area contributed by atoms with Gasteiger partial charge in [-0.3, -0.25) is 9.59 Å². The molecule has 0 saturated heterocycles. The van der Waals surface area contributed by atoms with Crippen LogP contribution in [0.15, 0.2) is 59.5 Å². The fraction of sp³-hybridized carbons (Fsp3) is 0.240. The smallest absolute Gasteiger partial charge is 0.281 e. The Hall–Kier alpha value is -3.67. The van der Waals surface area contributed by atoms with E-state index in [1.165, 1.54) is 4.68 Å². The number of aryl methyl sites for hydroxylation is 4. The van der Waals surface area contributed by atoms with Crippen molar-refractivity contribution in [2.24, 2.45) is 0 Å². The van der Waals surface area contributed by atoms with Crippen molar-refractivity contribution in [3.8, 4) is 5.69 Å². The van der Waals surface area contributed by atoms with E-state index in [9.17, 15) is 9.59 Å². The van der Waals surface area contributed by atoms with Gasteiger partial charge in [0.25, 0.3) is 5.56 Å². The molecule has 0 spiro atoms. The number of nitrogens with one attached hydrogen (secondary N) is 1. The Morgan fingerprint density at radius 3 is 2.42 bits per heavy atom. The van der Waals surface area contributed by atoms with Crippen molar-refractivity contribution in [2.75, 3.05) is 5.32 Å². The lowest BCUT2D eigenvalue weighted by molar-refractivity contribution is -0.118. The second kappa shape index (κ2) is 7.87. The number of amides is 1. The molecule has 1 N–H and O–H groups in total. The van der Waals surface area contributed by atoms with Crippen molar-refractivity contribution < 1.29 is 4.79 Å². The summed E-state index contributed by atoms with van der Waals surface area (Å²) < 4.78 is 3.32. The standard InChI is InChI=1S/C25H26N4O2/c1-15-11-12-16(2)22(13-15)27-24(30)19(5)28-17(3)21-14-26-29(20-9-7-6-8-10-20)25(31)23(21)18(28)4/h6-14,19H,1-5H3,(H,27,30)/t19-/m1/s1. The summed E-state index contributed by atoms with van der Waals surface area (Å²) in [6.07, 6.45) is 1.71. The van der Waals surface area contributed by atoms with Crippen molar-refractivity contribution in [1.82, 2.24) is 14.3 Å². The number of rotatable bonds is 4. The summed E-state index contributed by atoms with van der Waals surface area (Å²) in [4.78, 5) is 26.4. The molecule has 0 bridgehead atoms. The molecular formula is C25H26N4O2. The quantitative estimate of drug-likeness (QED) is 0.530. The molecule has 1 atom stereocenters. The van der Waals surface area contributed by atoms with Gasteiger partial charge in [-0.1, -0.05) is 30.3 Å². The van der Waals surface area contributed by atoms with Gasteiger partial charge in [-0.15, -0.1) is 0 Å². The molecule has 0 aliphatic rings. The maximum absolute atomic E-state index is 13.3. The molecule has 2 heterocycles. The molecule has 31 heavy (non-hydrogen) atoms.